The van der Waals surface area contributed by atoms with E-state index in [1.54, 1.807) is 7.11 Å². The number of hydrogen-bond acceptors (Lipinski definition) is 2. The summed E-state index contributed by atoms with van der Waals surface area (Å²) in [6.45, 7) is 6.29. The van der Waals surface area contributed by atoms with E-state index in [2.05, 4.69) is 34.7 Å². The van der Waals surface area contributed by atoms with Crippen LogP contribution in [0.15, 0.2) is 22.7 Å². The molecule has 0 aliphatic rings. The average molecular weight is 304 g/mol. The Hall–Kier alpha value is -0.450. The zero-order valence-electron chi connectivity index (χ0n) is 10.5. The highest BCUT2D eigenvalue weighted by atomic mass is 79.9. The van der Waals surface area contributed by atoms with E-state index in [-0.39, 0.29) is 5.82 Å². The monoisotopic (exact) mass is 303 g/mol. The summed E-state index contributed by atoms with van der Waals surface area (Å²) in [5.41, 5.74) is 0.720. The van der Waals surface area contributed by atoms with Crippen LogP contribution in [0.3, 0.4) is 0 Å². The van der Waals surface area contributed by atoms with E-state index >= 15 is 0 Å². The molecule has 2 nitrogen and oxygen atoms in total. The normalized spacial score (nSPS) is 11.5. The molecule has 0 bridgehead atoms. The molecule has 0 unspecified atom stereocenters. The summed E-state index contributed by atoms with van der Waals surface area (Å²) in [6, 6.07) is 5.56. The molecule has 0 aromatic heterocycles. The molecule has 17 heavy (non-hydrogen) atoms. The van der Waals surface area contributed by atoms with E-state index in [0.717, 1.165) is 16.6 Å². The van der Waals surface area contributed by atoms with E-state index in [0.29, 0.717) is 19.2 Å². The molecule has 0 atom stereocenters. The van der Waals surface area contributed by atoms with Gasteiger partial charge in [0.05, 0.1) is 6.61 Å². The minimum atomic E-state index is -0.164. The Morgan fingerprint density at radius 1 is 1.41 bits per heavy atom. The van der Waals surface area contributed by atoms with Gasteiger partial charge in [-0.25, -0.2) is 4.39 Å². The molecule has 96 valence electrons. The highest BCUT2D eigenvalue weighted by Crippen LogP contribution is 2.17. The second-order valence-electron chi connectivity index (χ2n) is 4.29. The minimum Gasteiger partial charge on any atom is -0.383 e. The SMILES string of the molecule is COCCN(Cc1ccc(Br)cc1F)C(C)C. The van der Waals surface area contributed by atoms with Crippen LogP contribution in [0.5, 0.6) is 0 Å². The molecule has 0 radical (unpaired) electrons. The van der Waals surface area contributed by atoms with Crippen LogP contribution >= 0.6 is 15.9 Å². The summed E-state index contributed by atoms with van der Waals surface area (Å²) in [5, 5.41) is 0. The summed E-state index contributed by atoms with van der Waals surface area (Å²) >= 11 is 3.26. The number of methoxy groups -OCH3 is 1. The van der Waals surface area contributed by atoms with E-state index in [9.17, 15) is 4.39 Å². The van der Waals surface area contributed by atoms with Crippen molar-refractivity contribution < 1.29 is 9.13 Å². The molecule has 0 amide bonds. The van der Waals surface area contributed by atoms with E-state index < -0.39 is 0 Å². The summed E-state index contributed by atoms with van der Waals surface area (Å²) in [7, 11) is 1.68. The zero-order valence-corrected chi connectivity index (χ0v) is 12.1. The van der Waals surface area contributed by atoms with Gasteiger partial charge >= 0.3 is 0 Å². The number of benzene rings is 1. The third-order valence-electron chi connectivity index (χ3n) is 2.70. The first-order valence-electron chi connectivity index (χ1n) is 5.71. The maximum Gasteiger partial charge on any atom is 0.128 e. The molecule has 1 rings (SSSR count). The molecule has 0 heterocycles. The topological polar surface area (TPSA) is 12.5 Å². The largest absolute Gasteiger partial charge is 0.383 e. The first-order chi connectivity index (χ1) is 8.04. The third-order valence-corrected chi connectivity index (χ3v) is 3.19. The highest BCUT2D eigenvalue weighted by Gasteiger charge is 2.12. The second-order valence-corrected chi connectivity index (χ2v) is 5.21. The van der Waals surface area contributed by atoms with Crippen molar-refractivity contribution in [1.82, 2.24) is 4.90 Å². The Morgan fingerprint density at radius 2 is 2.12 bits per heavy atom. The van der Waals surface area contributed by atoms with Crippen LogP contribution in [0.1, 0.15) is 19.4 Å². The van der Waals surface area contributed by atoms with Crippen LogP contribution in [-0.4, -0.2) is 31.2 Å². The lowest BCUT2D eigenvalue weighted by Crippen LogP contribution is -2.33. The fourth-order valence-electron chi connectivity index (χ4n) is 1.60. The van der Waals surface area contributed by atoms with Crippen LogP contribution in [0.4, 0.5) is 4.39 Å². The summed E-state index contributed by atoms with van der Waals surface area (Å²) in [5.74, 6) is -0.164. The van der Waals surface area contributed by atoms with Crippen molar-refractivity contribution in [2.24, 2.45) is 0 Å². The lowest BCUT2D eigenvalue weighted by molar-refractivity contribution is 0.124. The molecular formula is C13H19BrFNO. The fraction of sp³-hybridized carbons (Fsp3) is 0.538. The molecule has 0 N–H and O–H groups in total. The van der Waals surface area contributed by atoms with Crippen LogP contribution in [0.2, 0.25) is 0 Å². The molecule has 0 saturated carbocycles. The Balaban J connectivity index is 2.71. The lowest BCUT2D eigenvalue weighted by Gasteiger charge is -2.26. The molecular weight excluding hydrogens is 285 g/mol. The minimum absolute atomic E-state index is 0.164. The van der Waals surface area contributed by atoms with Gasteiger partial charge in [-0.3, -0.25) is 4.90 Å². The second kappa shape index (κ2) is 7.09. The van der Waals surface area contributed by atoms with Gasteiger partial charge in [-0.05, 0) is 26.0 Å². The van der Waals surface area contributed by atoms with Gasteiger partial charge in [-0.1, -0.05) is 22.0 Å². The molecule has 1 aromatic rings. The van der Waals surface area contributed by atoms with Gasteiger partial charge in [0.25, 0.3) is 0 Å². The van der Waals surface area contributed by atoms with Gasteiger partial charge in [-0.2, -0.15) is 0 Å². The van der Waals surface area contributed by atoms with Crippen molar-refractivity contribution in [2.75, 3.05) is 20.3 Å². The molecule has 0 fully saturated rings. The van der Waals surface area contributed by atoms with Gasteiger partial charge in [0.15, 0.2) is 0 Å². The molecule has 0 aliphatic carbocycles. The molecule has 0 saturated heterocycles. The Morgan fingerprint density at radius 3 is 2.65 bits per heavy atom. The van der Waals surface area contributed by atoms with E-state index in [1.807, 2.05) is 12.1 Å². The van der Waals surface area contributed by atoms with Crippen molar-refractivity contribution in [2.45, 2.75) is 26.4 Å². The summed E-state index contributed by atoms with van der Waals surface area (Å²) < 4.78 is 19.5. The Bertz CT molecular complexity index is 357. The number of rotatable bonds is 6. The predicted octanol–water partition coefficient (Wildman–Crippen LogP) is 3.45. The summed E-state index contributed by atoms with van der Waals surface area (Å²) in [4.78, 5) is 2.19. The van der Waals surface area contributed by atoms with Crippen molar-refractivity contribution in [3.63, 3.8) is 0 Å². The first kappa shape index (κ1) is 14.6. The number of ether oxygens (including phenoxy) is 1. The van der Waals surface area contributed by atoms with Crippen LogP contribution < -0.4 is 0 Å². The van der Waals surface area contributed by atoms with Crippen molar-refractivity contribution >= 4 is 15.9 Å². The lowest BCUT2D eigenvalue weighted by atomic mass is 10.2. The maximum atomic E-state index is 13.7. The van der Waals surface area contributed by atoms with Gasteiger partial charge < -0.3 is 4.74 Å². The third kappa shape index (κ3) is 4.74. The van der Waals surface area contributed by atoms with Gasteiger partial charge in [0, 0.05) is 36.3 Å². The van der Waals surface area contributed by atoms with Crippen molar-refractivity contribution in [1.29, 1.82) is 0 Å². The zero-order chi connectivity index (χ0) is 12.8. The molecule has 0 spiro atoms. The van der Waals surface area contributed by atoms with Crippen molar-refractivity contribution in [3.8, 4) is 0 Å². The van der Waals surface area contributed by atoms with Crippen LogP contribution in [0, 0.1) is 5.82 Å². The number of hydrogen-bond donors (Lipinski definition) is 0. The Labute approximate surface area is 111 Å². The standard InChI is InChI=1S/C13H19BrFNO/c1-10(2)16(6-7-17-3)9-11-4-5-12(14)8-13(11)15/h4-5,8,10H,6-7,9H2,1-3H3. The smallest absolute Gasteiger partial charge is 0.128 e. The summed E-state index contributed by atoms with van der Waals surface area (Å²) in [6.07, 6.45) is 0. The van der Waals surface area contributed by atoms with Crippen molar-refractivity contribution in [3.05, 3.63) is 34.1 Å². The van der Waals surface area contributed by atoms with Gasteiger partial charge in [0.1, 0.15) is 5.82 Å². The number of nitrogens with zero attached hydrogens (tertiary/aromatic N) is 1. The first-order valence-corrected chi connectivity index (χ1v) is 6.50. The van der Waals surface area contributed by atoms with E-state index in [4.69, 9.17) is 4.74 Å². The van der Waals surface area contributed by atoms with Crippen LogP contribution in [0.25, 0.3) is 0 Å². The fourth-order valence-corrected chi connectivity index (χ4v) is 1.93. The van der Waals surface area contributed by atoms with Gasteiger partial charge in [-0.15, -0.1) is 0 Å². The Kier molecular flexibility index (Phi) is 6.09. The molecule has 0 aliphatic heterocycles. The van der Waals surface area contributed by atoms with Gasteiger partial charge in [0.2, 0.25) is 0 Å². The predicted molar refractivity (Wildman–Crippen MR) is 71.5 cm³/mol. The quantitative estimate of drug-likeness (QED) is 0.798. The molecule has 1 aromatic carbocycles. The highest BCUT2D eigenvalue weighted by molar-refractivity contribution is 9.10. The van der Waals surface area contributed by atoms with E-state index in [1.165, 1.54) is 6.07 Å². The molecule has 4 heteroatoms. The van der Waals surface area contributed by atoms with Crippen LogP contribution in [-0.2, 0) is 11.3 Å². The number of halogens is 2. The maximum absolute atomic E-state index is 13.7. The average Bonchev–Trinajstić information content (AvgIpc) is 2.26.